The van der Waals surface area contributed by atoms with Crippen LogP contribution in [0.15, 0.2) is 29.3 Å². The predicted molar refractivity (Wildman–Crippen MR) is 91.3 cm³/mol. The highest BCUT2D eigenvalue weighted by molar-refractivity contribution is 6.33. The van der Waals surface area contributed by atoms with Gasteiger partial charge in [0.1, 0.15) is 11.2 Å². The quantitative estimate of drug-likeness (QED) is 0.334. The first-order valence-corrected chi connectivity index (χ1v) is 8.18. The van der Waals surface area contributed by atoms with Gasteiger partial charge in [0.2, 0.25) is 0 Å². The van der Waals surface area contributed by atoms with Gasteiger partial charge in [0.05, 0.1) is 11.3 Å². The normalized spacial score (nSPS) is 23.5. The lowest BCUT2D eigenvalue weighted by Gasteiger charge is -2.34. The van der Waals surface area contributed by atoms with Gasteiger partial charge >= 0.3 is 5.97 Å². The second-order valence-electron chi connectivity index (χ2n) is 5.84. The van der Waals surface area contributed by atoms with E-state index < -0.39 is 15.9 Å². The lowest BCUT2D eigenvalue weighted by atomic mass is 10.1. The number of nitrogens with zero attached hydrogens (tertiary/aromatic N) is 3. The highest BCUT2D eigenvalue weighted by atomic mass is 35.5. The van der Waals surface area contributed by atoms with E-state index in [1.807, 2.05) is 4.90 Å². The molecule has 1 aliphatic rings. The Morgan fingerprint density at radius 1 is 1.46 bits per heavy atom. The van der Waals surface area contributed by atoms with E-state index in [0.717, 1.165) is 24.8 Å². The third-order valence-electron chi connectivity index (χ3n) is 4.00. The Labute approximate surface area is 145 Å². The molecule has 7 nitrogen and oxygen atoms in total. The number of carboxylic acid groups (broad SMARTS) is 1. The van der Waals surface area contributed by atoms with Crippen LogP contribution in [-0.2, 0) is 11.3 Å². The number of halogens is 1. The minimum absolute atomic E-state index is 0.0154. The largest absolute Gasteiger partial charge is 0.481 e. The van der Waals surface area contributed by atoms with Crippen molar-refractivity contribution in [2.24, 2.45) is 4.99 Å². The van der Waals surface area contributed by atoms with Crippen LogP contribution in [0.1, 0.15) is 38.2 Å². The Morgan fingerprint density at radius 2 is 2.12 bits per heavy atom. The fourth-order valence-corrected chi connectivity index (χ4v) is 3.08. The van der Waals surface area contributed by atoms with Crippen molar-refractivity contribution in [3.63, 3.8) is 0 Å². The first-order valence-electron chi connectivity index (χ1n) is 7.81. The SMILES string of the molecule is CCCCC1N=CC(Cl)(CC(=O)O)N1Cc1ccc([N+](=O)[O-])cc1. The van der Waals surface area contributed by atoms with E-state index in [-0.39, 0.29) is 18.3 Å². The minimum Gasteiger partial charge on any atom is -0.481 e. The van der Waals surface area contributed by atoms with Crippen molar-refractivity contribution in [2.45, 2.75) is 50.3 Å². The Bertz CT molecular complexity index is 635. The van der Waals surface area contributed by atoms with E-state index in [2.05, 4.69) is 11.9 Å². The molecule has 1 aliphatic heterocycles. The van der Waals surface area contributed by atoms with Gasteiger partial charge in [0, 0.05) is 24.9 Å². The summed E-state index contributed by atoms with van der Waals surface area (Å²) in [5.74, 6) is -0.999. The van der Waals surface area contributed by atoms with Crippen molar-refractivity contribution in [2.75, 3.05) is 0 Å². The first-order chi connectivity index (χ1) is 11.4. The third-order valence-corrected chi connectivity index (χ3v) is 4.45. The molecular weight excluding hydrogens is 334 g/mol. The van der Waals surface area contributed by atoms with Crippen LogP contribution in [0.3, 0.4) is 0 Å². The summed E-state index contributed by atoms with van der Waals surface area (Å²) < 4.78 is 0. The van der Waals surface area contributed by atoms with Crippen LogP contribution in [0.25, 0.3) is 0 Å². The first kappa shape index (κ1) is 18.4. The van der Waals surface area contributed by atoms with Gasteiger partial charge in [-0.15, -0.1) is 0 Å². The highest BCUT2D eigenvalue weighted by Crippen LogP contribution is 2.35. The molecule has 0 bridgehead atoms. The summed E-state index contributed by atoms with van der Waals surface area (Å²) in [4.78, 5) is 26.5. The number of nitro groups is 1. The zero-order valence-corrected chi connectivity index (χ0v) is 14.1. The van der Waals surface area contributed by atoms with Crippen LogP contribution in [0, 0.1) is 10.1 Å². The summed E-state index contributed by atoms with van der Waals surface area (Å²) in [5, 5.41) is 19.9. The van der Waals surface area contributed by atoms with Crippen molar-refractivity contribution in [1.29, 1.82) is 0 Å². The molecule has 2 rings (SSSR count). The fourth-order valence-electron chi connectivity index (χ4n) is 2.74. The van der Waals surface area contributed by atoms with E-state index in [4.69, 9.17) is 16.7 Å². The van der Waals surface area contributed by atoms with Gasteiger partial charge in [-0.2, -0.15) is 0 Å². The second kappa shape index (κ2) is 7.72. The number of hydrogen-bond acceptors (Lipinski definition) is 5. The van der Waals surface area contributed by atoms with E-state index in [0.29, 0.717) is 6.54 Å². The molecule has 1 aromatic carbocycles. The molecule has 1 aromatic rings. The van der Waals surface area contributed by atoms with Gasteiger partial charge in [-0.05, 0) is 12.0 Å². The lowest BCUT2D eigenvalue weighted by Crippen LogP contribution is -2.46. The van der Waals surface area contributed by atoms with Crippen LogP contribution < -0.4 is 0 Å². The molecule has 0 fully saturated rings. The molecular formula is C16H20ClN3O4. The summed E-state index contributed by atoms with van der Waals surface area (Å²) in [5.41, 5.74) is 0.838. The summed E-state index contributed by atoms with van der Waals surface area (Å²) in [6, 6.07) is 6.18. The Kier molecular flexibility index (Phi) is 5.90. The van der Waals surface area contributed by atoms with Gasteiger partial charge in [0.25, 0.3) is 5.69 Å². The smallest absolute Gasteiger partial charge is 0.306 e. The molecule has 0 spiro atoms. The number of unbranched alkanes of at least 4 members (excludes halogenated alkanes) is 1. The number of non-ortho nitro benzene ring substituents is 1. The van der Waals surface area contributed by atoms with Gasteiger partial charge in [-0.1, -0.05) is 43.5 Å². The molecule has 0 aromatic heterocycles. The van der Waals surface area contributed by atoms with E-state index >= 15 is 0 Å². The van der Waals surface area contributed by atoms with E-state index in [9.17, 15) is 14.9 Å². The number of hydrogen-bond donors (Lipinski definition) is 1. The molecule has 0 saturated heterocycles. The van der Waals surface area contributed by atoms with Crippen LogP contribution in [0.2, 0.25) is 0 Å². The molecule has 2 atom stereocenters. The Hall–Kier alpha value is -1.99. The third kappa shape index (κ3) is 4.30. The van der Waals surface area contributed by atoms with Crippen LogP contribution in [0.4, 0.5) is 5.69 Å². The zero-order valence-electron chi connectivity index (χ0n) is 13.4. The standard InChI is InChI=1S/C16H20ClN3O4/c1-2-3-4-14-18-11-16(17,9-15(21)22)19(14)10-12-5-7-13(8-6-12)20(23)24/h5-8,11,14H,2-4,9-10H2,1H3,(H,21,22). The summed E-state index contributed by atoms with van der Waals surface area (Å²) in [7, 11) is 0. The van der Waals surface area contributed by atoms with Crippen molar-refractivity contribution < 1.29 is 14.8 Å². The molecule has 24 heavy (non-hydrogen) atoms. The summed E-state index contributed by atoms with van der Waals surface area (Å²) >= 11 is 6.52. The fraction of sp³-hybridized carbons (Fsp3) is 0.500. The zero-order chi connectivity index (χ0) is 17.7. The van der Waals surface area contributed by atoms with Crippen molar-refractivity contribution in [1.82, 2.24) is 4.90 Å². The van der Waals surface area contributed by atoms with Crippen molar-refractivity contribution in [3.05, 3.63) is 39.9 Å². The summed E-state index contributed by atoms with van der Waals surface area (Å²) in [6.45, 7) is 2.45. The van der Waals surface area contributed by atoms with Gasteiger partial charge in [0.15, 0.2) is 0 Å². The molecule has 1 N–H and O–H groups in total. The van der Waals surface area contributed by atoms with Gasteiger partial charge in [-0.25, -0.2) is 0 Å². The van der Waals surface area contributed by atoms with Crippen LogP contribution in [-0.4, -0.2) is 38.3 Å². The van der Waals surface area contributed by atoms with E-state index in [1.165, 1.54) is 18.3 Å². The molecule has 0 amide bonds. The average Bonchev–Trinajstić information content (AvgIpc) is 2.81. The minimum atomic E-state index is -1.17. The molecule has 8 heteroatoms. The van der Waals surface area contributed by atoms with Crippen molar-refractivity contribution in [3.8, 4) is 0 Å². The molecule has 0 radical (unpaired) electrons. The molecule has 0 saturated carbocycles. The molecule has 130 valence electrons. The monoisotopic (exact) mass is 353 g/mol. The van der Waals surface area contributed by atoms with Crippen molar-refractivity contribution >= 4 is 29.5 Å². The van der Waals surface area contributed by atoms with Crippen LogP contribution >= 0.6 is 11.6 Å². The number of nitro benzene ring substituents is 1. The number of alkyl halides is 1. The molecule has 1 heterocycles. The van der Waals surface area contributed by atoms with E-state index in [1.54, 1.807) is 12.1 Å². The Balaban J connectivity index is 2.19. The second-order valence-corrected chi connectivity index (χ2v) is 6.50. The predicted octanol–water partition coefficient (Wildman–Crippen LogP) is 3.41. The topological polar surface area (TPSA) is 96.0 Å². The Morgan fingerprint density at radius 3 is 2.67 bits per heavy atom. The number of rotatable bonds is 8. The summed E-state index contributed by atoms with van der Waals surface area (Å²) in [6.07, 6.45) is 3.82. The number of aliphatic carboxylic acids is 1. The van der Waals surface area contributed by atoms with Gasteiger partial charge < -0.3 is 5.11 Å². The maximum Gasteiger partial charge on any atom is 0.306 e. The number of benzene rings is 1. The van der Waals surface area contributed by atoms with Gasteiger partial charge in [-0.3, -0.25) is 24.8 Å². The lowest BCUT2D eigenvalue weighted by molar-refractivity contribution is -0.384. The number of carboxylic acids is 1. The number of aliphatic imine (C=N–C) groups is 1. The average molecular weight is 354 g/mol. The molecule has 0 aliphatic carbocycles. The van der Waals surface area contributed by atoms with Crippen LogP contribution in [0.5, 0.6) is 0 Å². The highest BCUT2D eigenvalue weighted by Gasteiger charge is 2.43. The maximum absolute atomic E-state index is 11.2. The maximum atomic E-state index is 11.2. The number of carbonyl (C=O) groups is 1. The molecule has 2 unspecified atom stereocenters.